The molecule has 28 heavy (non-hydrogen) atoms. The van der Waals surface area contributed by atoms with Gasteiger partial charge in [0.15, 0.2) is 10.9 Å². The molecule has 0 aliphatic carbocycles. The minimum atomic E-state index is -0.509. The second-order valence-electron chi connectivity index (χ2n) is 5.71. The van der Waals surface area contributed by atoms with Crippen LogP contribution in [-0.4, -0.2) is 26.9 Å². The molecule has 0 fully saturated rings. The monoisotopic (exact) mass is 401 g/mol. The van der Waals surface area contributed by atoms with Crippen LogP contribution in [0.4, 0.5) is 21.6 Å². The van der Waals surface area contributed by atoms with Gasteiger partial charge in [-0.25, -0.2) is 4.39 Å². The molecule has 3 rings (SSSR count). The lowest BCUT2D eigenvalue weighted by Gasteiger charge is -2.12. The van der Waals surface area contributed by atoms with Crippen molar-refractivity contribution < 1.29 is 14.1 Å². The number of non-ortho nitro benzene ring substituents is 1. The zero-order valence-corrected chi connectivity index (χ0v) is 15.6. The van der Waals surface area contributed by atoms with E-state index in [1.165, 1.54) is 31.4 Å². The summed E-state index contributed by atoms with van der Waals surface area (Å²) in [4.78, 5) is 10.3. The van der Waals surface area contributed by atoms with Crippen LogP contribution in [0.3, 0.4) is 0 Å². The van der Waals surface area contributed by atoms with E-state index in [4.69, 9.17) is 17.0 Å². The molecule has 0 aliphatic heterocycles. The normalized spacial score (nSPS) is 10.4. The number of nitrogens with one attached hydrogen (secondary N) is 2. The molecule has 0 atom stereocenters. The van der Waals surface area contributed by atoms with Crippen molar-refractivity contribution >= 4 is 34.5 Å². The highest BCUT2D eigenvalue weighted by Gasteiger charge is 2.13. The molecule has 0 bridgehead atoms. The molecule has 1 heterocycles. The Morgan fingerprint density at radius 2 is 2.07 bits per heavy atom. The smallest absolute Gasteiger partial charge is 0.273 e. The van der Waals surface area contributed by atoms with Crippen molar-refractivity contribution in [3.05, 3.63) is 76.2 Å². The van der Waals surface area contributed by atoms with Crippen LogP contribution in [0.15, 0.2) is 54.7 Å². The average molecular weight is 401 g/mol. The topological polar surface area (TPSA) is 94.3 Å². The number of hydrogen-bond acceptors (Lipinski definition) is 5. The van der Waals surface area contributed by atoms with Crippen LogP contribution < -0.4 is 15.4 Å². The van der Waals surface area contributed by atoms with E-state index < -0.39 is 4.92 Å². The molecule has 10 heteroatoms. The minimum absolute atomic E-state index is 0.0897. The van der Waals surface area contributed by atoms with Crippen molar-refractivity contribution in [2.24, 2.45) is 0 Å². The molecule has 0 saturated heterocycles. The van der Waals surface area contributed by atoms with Crippen LogP contribution in [0.25, 0.3) is 0 Å². The number of halogens is 1. The number of aromatic nitrogens is 2. The third kappa shape index (κ3) is 4.60. The molecule has 1 aromatic heterocycles. The molecule has 2 aromatic carbocycles. The molecule has 8 nitrogen and oxygen atoms in total. The summed E-state index contributed by atoms with van der Waals surface area (Å²) in [5, 5.41) is 21.2. The average Bonchev–Trinajstić information content (AvgIpc) is 3.10. The van der Waals surface area contributed by atoms with E-state index in [0.717, 1.165) is 0 Å². The Hall–Kier alpha value is -3.53. The molecule has 144 valence electrons. The predicted octanol–water partition coefficient (Wildman–Crippen LogP) is 3.80. The number of hydrogen-bond donors (Lipinski definition) is 2. The highest BCUT2D eigenvalue weighted by Crippen LogP contribution is 2.29. The number of rotatable bonds is 6. The van der Waals surface area contributed by atoms with Gasteiger partial charge in [-0.1, -0.05) is 18.2 Å². The van der Waals surface area contributed by atoms with Gasteiger partial charge in [0.2, 0.25) is 0 Å². The van der Waals surface area contributed by atoms with E-state index in [-0.39, 0.29) is 28.9 Å². The Bertz CT molecular complexity index is 1020. The summed E-state index contributed by atoms with van der Waals surface area (Å²) in [7, 11) is 1.41. The number of thiocarbonyl (C=S) groups is 1. The van der Waals surface area contributed by atoms with Gasteiger partial charge in [-0.05, 0) is 24.4 Å². The first-order valence-electron chi connectivity index (χ1n) is 8.13. The van der Waals surface area contributed by atoms with Crippen molar-refractivity contribution in [3.63, 3.8) is 0 Å². The molecule has 0 saturated carbocycles. The van der Waals surface area contributed by atoms with Crippen LogP contribution in [0.5, 0.6) is 5.75 Å². The van der Waals surface area contributed by atoms with Gasteiger partial charge in [-0.3, -0.25) is 14.8 Å². The highest BCUT2D eigenvalue weighted by atomic mass is 32.1. The Morgan fingerprint density at radius 3 is 2.79 bits per heavy atom. The van der Waals surface area contributed by atoms with Crippen molar-refractivity contribution in [1.29, 1.82) is 0 Å². The molecular weight excluding hydrogens is 385 g/mol. The lowest BCUT2D eigenvalue weighted by Crippen LogP contribution is -2.20. The van der Waals surface area contributed by atoms with Crippen LogP contribution in [0.2, 0.25) is 0 Å². The molecule has 0 aliphatic rings. The predicted molar refractivity (Wildman–Crippen MR) is 107 cm³/mol. The van der Waals surface area contributed by atoms with Crippen LogP contribution in [0.1, 0.15) is 5.56 Å². The molecule has 0 spiro atoms. The number of nitro benzene ring substituents is 1. The van der Waals surface area contributed by atoms with E-state index in [9.17, 15) is 14.5 Å². The molecule has 0 unspecified atom stereocenters. The van der Waals surface area contributed by atoms with Crippen LogP contribution in [0, 0.1) is 15.9 Å². The molecule has 0 radical (unpaired) electrons. The summed E-state index contributed by atoms with van der Waals surface area (Å²) in [5.41, 5.74) is 0.901. The van der Waals surface area contributed by atoms with Crippen molar-refractivity contribution in [2.75, 3.05) is 17.7 Å². The van der Waals surface area contributed by atoms with Gasteiger partial charge in [0.25, 0.3) is 5.69 Å². The van der Waals surface area contributed by atoms with E-state index in [2.05, 4.69) is 15.7 Å². The first kappa shape index (κ1) is 19.2. The van der Waals surface area contributed by atoms with Gasteiger partial charge in [0.1, 0.15) is 11.6 Å². The Morgan fingerprint density at radius 1 is 1.29 bits per heavy atom. The number of nitro groups is 1. The number of ether oxygens (including phenoxy) is 1. The number of methoxy groups -OCH3 is 1. The summed E-state index contributed by atoms with van der Waals surface area (Å²) in [6.45, 7) is 0.282. The Balaban J connectivity index is 1.65. The third-order valence-electron chi connectivity index (χ3n) is 3.82. The maximum Gasteiger partial charge on any atom is 0.273 e. The highest BCUT2D eigenvalue weighted by molar-refractivity contribution is 7.80. The summed E-state index contributed by atoms with van der Waals surface area (Å²) in [6, 6.07) is 12.3. The lowest BCUT2D eigenvalue weighted by atomic mass is 10.2. The van der Waals surface area contributed by atoms with Gasteiger partial charge < -0.3 is 15.4 Å². The van der Waals surface area contributed by atoms with Gasteiger partial charge in [0, 0.05) is 23.9 Å². The summed E-state index contributed by atoms with van der Waals surface area (Å²) >= 11 is 5.25. The molecule has 2 N–H and O–H groups in total. The number of benzene rings is 2. The maximum atomic E-state index is 13.7. The molecule has 3 aromatic rings. The van der Waals surface area contributed by atoms with Gasteiger partial charge in [0.05, 0.1) is 30.3 Å². The van der Waals surface area contributed by atoms with Crippen molar-refractivity contribution in [3.8, 4) is 5.75 Å². The SMILES string of the molecule is COc1cc([N+](=O)[O-])ccc1NC(=S)Nc1ccn(Cc2ccccc2F)n1. The Labute approximate surface area is 165 Å². The van der Waals surface area contributed by atoms with E-state index in [1.807, 2.05) is 0 Å². The third-order valence-corrected chi connectivity index (χ3v) is 4.02. The standard InChI is InChI=1S/C18H16FN5O3S/c1-27-16-10-13(24(25)26)6-7-15(16)20-18(28)21-17-8-9-23(22-17)11-12-4-2-3-5-14(12)19/h2-10H,11H2,1H3,(H2,20,21,22,28). The second-order valence-corrected chi connectivity index (χ2v) is 6.12. The second kappa shape index (κ2) is 8.44. The maximum absolute atomic E-state index is 13.7. The summed E-state index contributed by atoms with van der Waals surface area (Å²) in [5.74, 6) is 0.452. The van der Waals surface area contributed by atoms with Gasteiger partial charge in [-0.15, -0.1) is 0 Å². The van der Waals surface area contributed by atoms with E-state index >= 15 is 0 Å². The van der Waals surface area contributed by atoms with Crippen molar-refractivity contribution in [2.45, 2.75) is 6.54 Å². The number of nitrogens with zero attached hydrogens (tertiary/aromatic N) is 3. The van der Waals surface area contributed by atoms with E-state index in [1.54, 1.807) is 35.1 Å². The fourth-order valence-corrected chi connectivity index (χ4v) is 2.70. The zero-order chi connectivity index (χ0) is 20.1. The largest absolute Gasteiger partial charge is 0.494 e. The quantitative estimate of drug-likeness (QED) is 0.369. The zero-order valence-electron chi connectivity index (χ0n) is 14.8. The van der Waals surface area contributed by atoms with Crippen molar-refractivity contribution in [1.82, 2.24) is 9.78 Å². The van der Waals surface area contributed by atoms with Gasteiger partial charge >= 0.3 is 0 Å². The van der Waals surface area contributed by atoms with Crippen LogP contribution >= 0.6 is 12.2 Å². The number of anilines is 2. The first-order valence-corrected chi connectivity index (χ1v) is 8.54. The first-order chi connectivity index (χ1) is 13.5. The lowest BCUT2D eigenvalue weighted by molar-refractivity contribution is -0.384. The Kier molecular flexibility index (Phi) is 5.80. The molecule has 0 amide bonds. The fourth-order valence-electron chi connectivity index (χ4n) is 2.48. The molecular formula is C18H16FN5O3S. The van der Waals surface area contributed by atoms with Crippen LogP contribution in [-0.2, 0) is 6.54 Å². The fraction of sp³-hybridized carbons (Fsp3) is 0.111. The summed E-state index contributed by atoms with van der Waals surface area (Å²) in [6.07, 6.45) is 1.70. The summed E-state index contributed by atoms with van der Waals surface area (Å²) < 4.78 is 20.5. The van der Waals surface area contributed by atoms with Gasteiger partial charge in [-0.2, -0.15) is 5.10 Å². The van der Waals surface area contributed by atoms with E-state index in [0.29, 0.717) is 17.1 Å². The minimum Gasteiger partial charge on any atom is -0.494 e.